The van der Waals surface area contributed by atoms with Crippen LogP contribution in [0.1, 0.15) is 43.0 Å². The molecule has 0 amide bonds. The van der Waals surface area contributed by atoms with Gasteiger partial charge in [-0.1, -0.05) is 49.6 Å². The summed E-state index contributed by atoms with van der Waals surface area (Å²) in [5.74, 6) is 0. The fourth-order valence-corrected chi connectivity index (χ4v) is 2.59. The lowest BCUT2D eigenvalue weighted by Gasteiger charge is -2.24. The van der Waals surface area contributed by atoms with Crippen molar-refractivity contribution in [3.63, 3.8) is 0 Å². The predicted octanol–water partition coefficient (Wildman–Crippen LogP) is 3.89. The normalized spacial score (nSPS) is 19.6. The van der Waals surface area contributed by atoms with Gasteiger partial charge in [-0.25, -0.2) is 0 Å². The van der Waals surface area contributed by atoms with Gasteiger partial charge in [0.1, 0.15) is 0 Å². The summed E-state index contributed by atoms with van der Waals surface area (Å²) < 4.78 is 0. The molecule has 0 aromatic heterocycles. The number of benzene rings is 1. The van der Waals surface area contributed by atoms with Crippen LogP contribution >= 0.6 is 11.6 Å². The van der Waals surface area contributed by atoms with Gasteiger partial charge in [0.15, 0.2) is 0 Å². The van der Waals surface area contributed by atoms with E-state index in [1.807, 2.05) is 18.2 Å². The molecule has 0 bridgehead atoms. The molecule has 1 aliphatic carbocycles. The molecule has 88 valence electrons. The smallest absolute Gasteiger partial charge is 0.0709 e. The molecule has 1 fully saturated rings. The Bertz CT molecular complexity index is 293. The van der Waals surface area contributed by atoms with Crippen molar-refractivity contribution >= 4 is 11.6 Å². The number of rotatable bonds is 4. The molecule has 1 nitrogen and oxygen atoms in total. The van der Waals surface area contributed by atoms with Crippen LogP contribution in [-0.2, 0) is 0 Å². The van der Waals surface area contributed by atoms with E-state index in [-0.39, 0.29) is 5.38 Å². The van der Waals surface area contributed by atoms with Gasteiger partial charge in [0.25, 0.3) is 0 Å². The molecule has 1 unspecified atom stereocenters. The van der Waals surface area contributed by atoms with Crippen molar-refractivity contribution in [2.24, 2.45) is 0 Å². The largest absolute Gasteiger partial charge is 0.312 e. The highest BCUT2D eigenvalue weighted by molar-refractivity contribution is 6.21. The van der Waals surface area contributed by atoms with Crippen molar-refractivity contribution in [3.05, 3.63) is 35.9 Å². The van der Waals surface area contributed by atoms with Gasteiger partial charge < -0.3 is 5.32 Å². The molecule has 1 aliphatic rings. The second-order valence-corrected chi connectivity index (χ2v) is 5.15. The van der Waals surface area contributed by atoms with Crippen molar-refractivity contribution in [2.45, 2.75) is 43.5 Å². The Kier molecular flexibility index (Phi) is 4.68. The second kappa shape index (κ2) is 6.27. The summed E-state index contributed by atoms with van der Waals surface area (Å²) in [4.78, 5) is 0. The molecule has 16 heavy (non-hydrogen) atoms. The molecule has 1 N–H and O–H groups in total. The fraction of sp³-hybridized carbons (Fsp3) is 0.571. The minimum atomic E-state index is 0.100. The number of hydrogen-bond donors (Lipinski definition) is 1. The summed E-state index contributed by atoms with van der Waals surface area (Å²) in [6.07, 6.45) is 6.78. The molecule has 0 spiro atoms. The Morgan fingerprint density at radius 3 is 2.50 bits per heavy atom. The Labute approximate surface area is 103 Å². The maximum Gasteiger partial charge on any atom is 0.0709 e. The van der Waals surface area contributed by atoms with Crippen LogP contribution in [0.3, 0.4) is 0 Å². The first kappa shape index (κ1) is 11.9. The minimum Gasteiger partial charge on any atom is -0.312 e. The average Bonchev–Trinajstić information content (AvgIpc) is 2.38. The summed E-state index contributed by atoms with van der Waals surface area (Å²) in [5.41, 5.74) is 1.22. The third-order valence-corrected chi connectivity index (χ3v) is 3.76. The van der Waals surface area contributed by atoms with E-state index in [1.165, 1.54) is 37.7 Å². The van der Waals surface area contributed by atoms with Gasteiger partial charge in [-0.15, -0.1) is 11.6 Å². The van der Waals surface area contributed by atoms with Crippen LogP contribution in [-0.4, -0.2) is 12.6 Å². The molecule has 1 aromatic rings. The SMILES string of the molecule is ClC(CNC1CCCCC1)c1ccccc1. The molecular weight excluding hydrogens is 218 g/mol. The van der Waals surface area contributed by atoms with Gasteiger partial charge in [-0.3, -0.25) is 0 Å². The third kappa shape index (κ3) is 3.50. The molecule has 1 atom stereocenters. The van der Waals surface area contributed by atoms with Crippen LogP contribution in [0, 0.1) is 0 Å². The van der Waals surface area contributed by atoms with E-state index >= 15 is 0 Å². The number of halogens is 1. The lowest BCUT2D eigenvalue weighted by atomic mass is 9.95. The van der Waals surface area contributed by atoms with E-state index in [0.29, 0.717) is 6.04 Å². The van der Waals surface area contributed by atoms with Crippen LogP contribution in [0.25, 0.3) is 0 Å². The zero-order valence-electron chi connectivity index (χ0n) is 9.66. The summed E-state index contributed by atoms with van der Waals surface area (Å²) >= 11 is 6.36. The molecule has 0 radical (unpaired) electrons. The highest BCUT2D eigenvalue weighted by atomic mass is 35.5. The lowest BCUT2D eigenvalue weighted by Crippen LogP contribution is -2.33. The van der Waals surface area contributed by atoms with Gasteiger partial charge in [0, 0.05) is 12.6 Å². The van der Waals surface area contributed by atoms with E-state index in [1.54, 1.807) is 0 Å². The van der Waals surface area contributed by atoms with Crippen LogP contribution in [0.4, 0.5) is 0 Å². The Balaban J connectivity index is 1.77. The van der Waals surface area contributed by atoms with Crippen LogP contribution in [0.5, 0.6) is 0 Å². The first-order chi connectivity index (χ1) is 7.86. The van der Waals surface area contributed by atoms with Crippen molar-refractivity contribution in [2.75, 3.05) is 6.54 Å². The van der Waals surface area contributed by atoms with E-state index < -0.39 is 0 Å². The van der Waals surface area contributed by atoms with E-state index in [0.717, 1.165) is 6.54 Å². The molecule has 2 heteroatoms. The first-order valence-electron chi connectivity index (χ1n) is 6.28. The van der Waals surface area contributed by atoms with Gasteiger partial charge in [0.05, 0.1) is 5.38 Å². The molecule has 1 aromatic carbocycles. The van der Waals surface area contributed by atoms with Gasteiger partial charge in [-0.2, -0.15) is 0 Å². The Hall–Kier alpha value is -0.530. The quantitative estimate of drug-likeness (QED) is 0.784. The maximum atomic E-state index is 6.36. The van der Waals surface area contributed by atoms with Gasteiger partial charge >= 0.3 is 0 Å². The third-order valence-electron chi connectivity index (χ3n) is 3.35. The molecule has 1 saturated carbocycles. The Morgan fingerprint density at radius 2 is 1.81 bits per heavy atom. The minimum absolute atomic E-state index is 0.100. The monoisotopic (exact) mass is 237 g/mol. The van der Waals surface area contributed by atoms with Crippen LogP contribution in [0.15, 0.2) is 30.3 Å². The fourth-order valence-electron chi connectivity index (χ4n) is 2.36. The molecular formula is C14H20ClN. The first-order valence-corrected chi connectivity index (χ1v) is 6.72. The van der Waals surface area contributed by atoms with E-state index in [4.69, 9.17) is 11.6 Å². The molecule has 0 saturated heterocycles. The predicted molar refractivity (Wildman–Crippen MR) is 69.9 cm³/mol. The van der Waals surface area contributed by atoms with Crippen molar-refractivity contribution in [1.82, 2.24) is 5.32 Å². The maximum absolute atomic E-state index is 6.36. The van der Waals surface area contributed by atoms with E-state index in [2.05, 4.69) is 17.4 Å². The number of alkyl halides is 1. The second-order valence-electron chi connectivity index (χ2n) is 4.62. The van der Waals surface area contributed by atoms with Crippen LogP contribution < -0.4 is 5.32 Å². The molecule has 0 heterocycles. The topological polar surface area (TPSA) is 12.0 Å². The zero-order valence-corrected chi connectivity index (χ0v) is 10.4. The van der Waals surface area contributed by atoms with Crippen molar-refractivity contribution in [1.29, 1.82) is 0 Å². The van der Waals surface area contributed by atoms with E-state index in [9.17, 15) is 0 Å². The highest BCUT2D eigenvalue weighted by Gasteiger charge is 2.14. The standard InChI is InChI=1S/C14H20ClN/c15-14(12-7-3-1-4-8-12)11-16-13-9-5-2-6-10-13/h1,3-4,7-8,13-14,16H,2,5-6,9-11H2. The van der Waals surface area contributed by atoms with Gasteiger partial charge in [-0.05, 0) is 18.4 Å². The highest BCUT2D eigenvalue weighted by Crippen LogP contribution is 2.21. The summed E-state index contributed by atoms with van der Waals surface area (Å²) in [6.45, 7) is 0.885. The summed E-state index contributed by atoms with van der Waals surface area (Å²) in [5, 5.41) is 3.69. The Morgan fingerprint density at radius 1 is 1.12 bits per heavy atom. The zero-order chi connectivity index (χ0) is 11.2. The van der Waals surface area contributed by atoms with Crippen molar-refractivity contribution in [3.8, 4) is 0 Å². The number of nitrogens with one attached hydrogen (secondary N) is 1. The average molecular weight is 238 g/mol. The summed E-state index contributed by atoms with van der Waals surface area (Å²) in [6, 6.07) is 11.0. The number of hydrogen-bond acceptors (Lipinski definition) is 1. The summed E-state index contributed by atoms with van der Waals surface area (Å²) in [7, 11) is 0. The molecule has 2 rings (SSSR count). The van der Waals surface area contributed by atoms with Crippen LogP contribution in [0.2, 0.25) is 0 Å². The lowest BCUT2D eigenvalue weighted by molar-refractivity contribution is 0.374. The molecule has 0 aliphatic heterocycles. The van der Waals surface area contributed by atoms with Crippen molar-refractivity contribution < 1.29 is 0 Å². The van der Waals surface area contributed by atoms with Gasteiger partial charge in [0.2, 0.25) is 0 Å².